The van der Waals surface area contributed by atoms with E-state index in [0.717, 1.165) is 30.8 Å². The van der Waals surface area contributed by atoms with E-state index in [2.05, 4.69) is 4.99 Å². The molecule has 1 aliphatic rings. The molecule has 0 bridgehead atoms. The number of nitrogens with zero attached hydrogens (tertiary/aromatic N) is 3. The first-order chi connectivity index (χ1) is 13.4. The Balaban J connectivity index is 1.92. The number of methoxy groups -OCH3 is 2. The average molecular weight is 404 g/mol. The predicted molar refractivity (Wildman–Crippen MR) is 107 cm³/mol. The lowest BCUT2D eigenvalue weighted by molar-refractivity contribution is -0.133. The first-order valence-electron chi connectivity index (χ1n) is 9.23. The fraction of sp³-hybridized carbons (Fsp3) is 0.450. The number of benzene rings is 1. The zero-order valence-corrected chi connectivity index (χ0v) is 17.4. The van der Waals surface area contributed by atoms with E-state index < -0.39 is 11.9 Å². The molecule has 0 aliphatic carbocycles. The number of rotatable bonds is 5. The number of hydrogen-bond donors (Lipinski definition) is 0. The zero-order chi connectivity index (χ0) is 20.3. The Hall–Kier alpha value is -2.61. The molecule has 1 fully saturated rings. The van der Waals surface area contributed by atoms with Crippen molar-refractivity contribution in [1.82, 2.24) is 9.47 Å². The van der Waals surface area contributed by atoms with E-state index in [0.29, 0.717) is 21.9 Å². The van der Waals surface area contributed by atoms with Crippen molar-refractivity contribution in [2.45, 2.75) is 32.7 Å². The average Bonchev–Trinajstić information content (AvgIpc) is 3.36. The van der Waals surface area contributed by atoms with Gasteiger partial charge in [0, 0.05) is 29.7 Å². The number of carbonyl (C=O) groups is 2. The Morgan fingerprint density at radius 1 is 1.14 bits per heavy atom. The normalized spacial score (nSPS) is 15.6. The highest BCUT2D eigenvalue weighted by molar-refractivity contribution is 7.09. The van der Waals surface area contributed by atoms with Gasteiger partial charge in [-0.1, -0.05) is 0 Å². The highest BCUT2D eigenvalue weighted by atomic mass is 32.1. The summed E-state index contributed by atoms with van der Waals surface area (Å²) in [5, 5.41) is 0. The number of hydrogen-bond acceptors (Lipinski definition) is 5. The molecular formula is C20H25N3O4S. The van der Waals surface area contributed by atoms with Gasteiger partial charge in [-0.2, -0.15) is 4.99 Å². The number of aromatic nitrogens is 1. The van der Waals surface area contributed by atoms with Crippen LogP contribution in [0.4, 0.5) is 0 Å². The smallest absolute Gasteiger partial charge is 0.279 e. The molecule has 2 amide bonds. The van der Waals surface area contributed by atoms with Gasteiger partial charge < -0.3 is 18.9 Å². The molecule has 0 N–H and O–H groups in total. The van der Waals surface area contributed by atoms with Gasteiger partial charge in [-0.25, -0.2) is 0 Å². The molecule has 1 aliphatic heterocycles. The van der Waals surface area contributed by atoms with Crippen molar-refractivity contribution in [3.63, 3.8) is 0 Å². The maximum atomic E-state index is 12.8. The van der Waals surface area contributed by atoms with Gasteiger partial charge in [-0.05, 0) is 44.9 Å². The van der Waals surface area contributed by atoms with Crippen LogP contribution in [0.25, 0.3) is 0 Å². The van der Waals surface area contributed by atoms with E-state index in [1.54, 1.807) is 29.9 Å². The topological polar surface area (TPSA) is 73.1 Å². The number of thiazole rings is 1. The van der Waals surface area contributed by atoms with Crippen LogP contribution in [-0.4, -0.2) is 48.6 Å². The van der Waals surface area contributed by atoms with Gasteiger partial charge >= 0.3 is 0 Å². The lowest BCUT2D eigenvalue weighted by atomic mass is 10.2. The predicted octanol–water partition coefficient (Wildman–Crippen LogP) is 2.80. The molecule has 0 radical (unpaired) electrons. The SMILES string of the molecule is COc1ccc(C(=O)N=c2sc(C)cn2[C@H](C)C(=O)N2CCCC2)cc1OC. The molecule has 2 heterocycles. The molecule has 7 nitrogen and oxygen atoms in total. The Morgan fingerprint density at radius 3 is 2.46 bits per heavy atom. The van der Waals surface area contributed by atoms with Gasteiger partial charge in [0.15, 0.2) is 16.3 Å². The lowest BCUT2D eigenvalue weighted by Gasteiger charge is -2.21. The maximum absolute atomic E-state index is 12.8. The van der Waals surface area contributed by atoms with E-state index in [1.807, 2.05) is 24.9 Å². The fourth-order valence-electron chi connectivity index (χ4n) is 3.27. The minimum absolute atomic E-state index is 0.0651. The van der Waals surface area contributed by atoms with Gasteiger partial charge in [0.25, 0.3) is 5.91 Å². The van der Waals surface area contributed by atoms with Crippen LogP contribution in [0.3, 0.4) is 0 Å². The summed E-state index contributed by atoms with van der Waals surface area (Å²) in [4.78, 5) is 33.2. The van der Waals surface area contributed by atoms with Gasteiger partial charge in [-0.3, -0.25) is 9.59 Å². The quantitative estimate of drug-likeness (QED) is 0.770. The van der Waals surface area contributed by atoms with Crippen molar-refractivity contribution in [3.8, 4) is 11.5 Å². The van der Waals surface area contributed by atoms with Gasteiger partial charge in [-0.15, -0.1) is 11.3 Å². The third-order valence-corrected chi connectivity index (χ3v) is 5.73. The third kappa shape index (κ3) is 4.11. The standard InChI is InChI=1S/C20H25N3O4S/c1-13-12-23(14(2)19(25)22-9-5-6-10-22)20(28-13)21-18(24)15-7-8-16(26-3)17(11-15)27-4/h7-8,11-12,14H,5-6,9-10H2,1-4H3/t14-/m1/s1. The number of aryl methyl sites for hydroxylation is 1. The van der Waals surface area contributed by atoms with Crippen molar-refractivity contribution in [1.29, 1.82) is 0 Å². The summed E-state index contributed by atoms with van der Waals surface area (Å²) in [6.45, 7) is 5.38. The molecule has 8 heteroatoms. The monoisotopic (exact) mass is 403 g/mol. The van der Waals surface area contributed by atoms with E-state index in [-0.39, 0.29) is 5.91 Å². The largest absolute Gasteiger partial charge is 0.493 e. The summed E-state index contributed by atoms with van der Waals surface area (Å²) in [5.74, 6) is 0.690. The first-order valence-corrected chi connectivity index (χ1v) is 10.0. The molecule has 150 valence electrons. The van der Waals surface area contributed by atoms with Gasteiger partial charge in [0.2, 0.25) is 5.91 Å². The van der Waals surface area contributed by atoms with Gasteiger partial charge in [0.05, 0.1) is 14.2 Å². The minimum atomic E-state index is -0.403. The van der Waals surface area contributed by atoms with Crippen LogP contribution in [0.5, 0.6) is 11.5 Å². The van der Waals surface area contributed by atoms with Crippen LogP contribution in [-0.2, 0) is 4.79 Å². The number of likely N-dealkylation sites (tertiary alicyclic amines) is 1. The Kier molecular flexibility index (Phi) is 6.18. The van der Waals surface area contributed by atoms with E-state index in [9.17, 15) is 9.59 Å². The molecule has 0 saturated carbocycles. The van der Waals surface area contributed by atoms with Crippen molar-refractivity contribution >= 4 is 23.2 Å². The van der Waals surface area contributed by atoms with Crippen LogP contribution in [0.2, 0.25) is 0 Å². The molecule has 1 aromatic heterocycles. The number of amides is 2. The fourth-order valence-corrected chi connectivity index (χ4v) is 4.17. The van der Waals surface area contributed by atoms with E-state index >= 15 is 0 Å². The minimum Gasteiger partial charge on any atom is -0.493 e. The second-order valence-corrected chi connectivity index (χ2v) is 7.94. The summed E-state index contributed by atoms with van der Waals surface area (Å²) in [6.07, 6.45) is 3.96. The number of ether oxygens (including phenoxy) is 2. The van der Waals surface area contributed by atoms with Crippen molar-refractivity contribution < 1.29 is 19.1 Å². The summed E-state index contributed by atoms with van der Waals surface area (Å²) < 4.78 is 12.3. The summed E-state index contributed by atoms with van der Waals surface area (Å²) in [7, 11) is 3.06. The third-order valence-electron chi connectivity index (χ3n) is 4.81. The summed E-state index contributed by atoms with van der Waals surface area (Å²) in [5.41, 5.74) is 0.397. The zero-order valence-electron chi connectivity index (χ0n) is 16.6. The second kappa shape index (κ2) is 8.60. The molecule has 1 atom stereocenters. The van der Waals surface area contributed by atoms with Crippen molar-refractivity contribution in [3.05, 3.63) is 39.6 Å². The molecule has 0 spiro atoms. The van der Waals surface area contributed by atoms with E-state index in [1.165, 1.54) is 18.4 Å². The molecule has 0 unspecified atom stereocenters. The summed E-state index contributed by atoms with van der Waals surface area (Å²) >= 11 is 1.39. The Morgan fingerprint density at radius 2 is 1.82 bits per heavy atom. The Labute approximate surface area is 168 Å². The van der Waals surface area contributed by atoms with Crippen molar-refractivity contribution in [2.75, 3.05) is 27.3 Å². The molecule has 1 saturated heterocycles. The van der Waals surface area contributed by atoms with Crippen LogP contribution in [0, 0.1) is 6.92 Å². The van der Waals surface area contributed by atoms with Crippen LogP contribution < -0.4 is 14.3 Å². The first kappa shape index (κ1) is 20.1. The number of carbonyl (C=O) groups excluding carboxylic acids is 2. The van der Waals surface area contributed by atoms with Crippen molar-refractivity contribution in [2.24, 2.45) is 4.99 Å². The van der Waals surface area contributed by atoms with Gasteiger partial charge in [0.1, 0.15) is 6.04 Å². The highest BCUT2D eigenvalue weighted by Gasteiger charge is 2.25. The lowest BCUT2D eigenvalue weighted by Crippen LogP contribution is -2.36. The summed E-state index contributed by atoms with van der Waals surface area (Å²) in [6, 6.07) is 4.53. The molecule has 28 heavy (non-hydrogen) atoms. The Bertz CT molecular complexity index is 941. The molecule has 1 aromatic carbocycles. The highest BCUT2D eigenvalue weighted by Crippen LogP contribution is 2.27. The maximum Gasteiger partial charge on any atom is 0.279 e. The van der Waals surface area contributed by atoms with Crippen LogP contribution >= 0.6 is 11.3 Å². The van der Waals surface area contributed by atoms with Crippen LogP contribution in [0.15, 0.2) is 29.4 Å². The van der Waals surface area contributed by atoms with Crippen LogP contribution in [0.1, 0.15) is 41.0 Å². The van der Waals surface area contributed by atoms with E-state index in [4.69, 9.17) is 9.47 Å². The molecule has 2 aromatic rings. The second-order valence-electron chi connectivity index (χ2n) is 6.73. The molecular weight excluding hydrogens is 378 g/mol. The molecule has 3 rings (SSSR count).